The SMILES string of the molecule is CCCC(CN1CCC[C@@H](C(=O)OCC)C1)CN1c2ccccc2CCc2ccccc21. The molecule has 1 saturated heterocycles. The van der Waals surface area contributed by atoms with Crippen LogP contribution in [0.2, 0.25) is 0 Å². The number of hydrogen-bond donors (Lipinski definition) is 0. The molecule has 0 N–H and O–H groups in total. The van der Waals surface area contributed by atoms with Crippen LogP contribution in [0.15, 0.2) is 48.5 Å². The van der Waals surface area contributed by atoms with Crippen molar-refractivity contribution in [2.24, 2.45) is 11.8 Å². The number of esters is 1. The Labute approximate surface area is 193 Å². The molecule has 0 aliphatic carbocycles. The molecular weight excluding hydrogens is 396 g/mol. The van der Waals surface area contributed by atoms with Crippen LogP contribution in [0.5, 0.6) is 0 Å². The highest BCUT2D eigenvalue weighted by atomic mass is 16.5. The third kappa shape index (κ3) is 5.35. The summed E-state index contributed by atoms with van der Waals surface area (Å²) in [6, 6.07) is 17.8. The van der Waals surface area contributed by atoms with Crippen LogP contribution in [0.25, 0.3) is 0 Å². The molecule has 0 spiro atoms. The number of carbonyl (C=O) groups excluding carboxylic acids is 1. The first-order valence-corrected chi connectivity index (χ1v) is 12.5. The number of fused-ring (bicyclic) bond motifs is 2. The number of aryl methyl sites for hydroxylation is 2. The van der Waals surface area contributed by atoms with Crippen LogP contribution in [-0.4, -0.2) is 43.7 Å². The fraction of sp³-hybridized carbons (Fsp3) is 0.536. The lowest BCUT2D eigenvalue weighted by Crippen LogP contribution is -2.43. The lowest BCUT2D eigenvalue weighted by Gasteiger charge is -2.36. The van der Waals surface area contributed by atoms with Gasteiger partial charge in [0.25, 0.3) is 0 Å². The van der Waals surface area contributed by atoms with Crippen molar-refractivity contribution in [3.63, 3.8) is 0 Å². The predicted molar refractivity (Wildman–Crippen MR) is 131 cm³/mol. The molecule has 0 aromatic heterocycles. The second kappa shape index (κ2) is 11.0. The Hall–Kier alpha value is -2.33. The molecule has 0 bridgehead atoms. The molecule has 0 saturated carbocycles. The lowest BCUT2D eigenvalue weighted by molar-refractivity contribution is -0.150. The molecule has 4 heteroatoms. The Balaban J connectivity index is 1.53. The molecule has 0 radical (unpaired) electrons. The molecule has 0 amide bonds. The second-order valence-corrected chi connectivity index (χ2v) is 9.37. The van der Waals surface area contributed by atoms with Crippen LogP contribution in [0, 0.1) is 11.8 Å². The number of para-hydroxylation sites is 2. The zero-order valence-corrected chi connectivity index (χ0v) is 19.8. The Morgan fingerprint density at radius 3 is 2.28 bits per heavy atom. The highest BCUT2D eigenvalue weighted by molar-refractivity contribution is 5.73. The quantitative estimate of drug-likeness (QED) is 0.505. The Bertz CT molecular complexity index is 849. The number of ether oxygens (including phenoxy) is 1. The minimum atomic E-state index is -0.0142. The Morgan fingerprint density at radius 1 is 1.00 bits per heavy atom. The number of nitrogens with zero attached hydrogens (tertiary/aromatic N) is 2. The van der Waals surface area contributed by atoms with Gasteiger partial charge in [0.15, 0.2) is 0 Å². The third-order valence-corrected chi connectivity index (χ3v) is 7.01. The summed E-state index contributed by atoms with van der Waals surface area (Å²) >= 11 is 0. The van der Waals surface area contributed by atoms with E-state index in [0.717, 1.165) is 51.9 Å². The number of carbonyl (C=O) groups is 1. The van der Waals surface area contributed by atoms with Gasteiger partial charge in [-0.3, -0.25) is 4.79 Å². The number of piperidine rings is 1. The van der Waals surface area contributed by atoms with Crippen LogP contribution in [0.1, 0.15) is 50.7 Å². The molecule has 172 valence electrons. The van der Waals surface area contributed by atoms with E-state index in [-0.39, 0.29) is 11.9 Å². The number of anilines is 2. The van der Waals surface area contributed by atoms with Gasteiger partial charge in [-0.05, 0) is 74.8 Å². The van der Waals surface area contributed by atoms with E-state index >= 15 is 0 Å². The smallest absolute Gasteiger partial charge is 0.310 e. The fourth-order valence-corrected chi connectivity index (χ4v) is 5.51. The molecule has 1 unspecified atom stereocenters. The summed E-state index contributed by atoms with van der Waals surface area (Å²) in [4.78, 5) is 17.4. The third-order valence-electron chi connectivity index (χ3n) is 7.01. The van der Waals surface area contributed by atoms with E-state index in [1.54, 1.807) is 0 Å². The molecular formula is C28H38N2O2. The number of likely N-dealkylation sites (tertiary alicyclic amines) is 1. The van der Waals surface area contributed by atoms with E-state index in [4.69, 9.17) is 4.74 Å². The summed E-state index contributed by atoms with van der Waals surface area (Å²) in [7, 11) is 0. The maximum Gasteiger partial charge on any atom is 0.310 e. The minimum absolute atomic E-state index is 0.0142. The van der Waals surface area contributed by atoms with Crippen molar-refractivity contribution in [2.75, 3.05) is 37.7 Å². The van der Waals surface area contributed by atoms with Gasteiger partial charge in [0.1, 0.15) is 0 Å². The number of rotatable bonds is 8. The van der Waals surface area contributed by atoms with Crippen molar-refractivity contribution in [3.8, 4) is 0 Å². The molecule has 4 nitrogen and oxygen atoms in total. The summed E-state index contributed by atoms with van der Waals surface area (Å²) in [5.41, 5.74) is 5.61. The second-order valence-electron chi connectivity index (χ2n) is 9.37. The normalized spacial score (nSPS) is 19.6. The Kier molecular flexibility index (Phi) is 7.85. The van der Waals surface area contributed by atoms with Crippen LogP contribution in [-0.2, 0) is 22.4 Å². The van der Waals surface area contributed by atoms with Gasteiger partial charge in [0, 0.05) is 31.0 Å². The maximum atomic E-state index is 12.3. The van der Waals surface area contributed by atoms with E-state index < -0.39 is 0 Å². The van der Waals surface area contributed by atoms with Crippen molar-refractivity contribution >= 4 is 17.3 Å². The van der Waals surface area contributed by atoms with E-state index in [1.807, 2.05) is 6.92 Å². The van der Waals surface area contributed by atoms with Gasteiger partial charge in [-0.25, -0.2) is 0 Å². The first-order chi connectivity index (χ1) is 15.7. The zero-order chi connectivity index (χ0) is 22.3. The summed E-state index contributed by atoms with van der Waals surface area (Å²) in [5, 5.41) is 0. The first-order valence-electron chi connectivity index (χ1n) is 12.5. The van der Waals surface area contributed by atoms with Crippen LogP contribution in [0.4, 0.5) is 11.4 Å². The minimum Gasteiger partial charge on any atom is -0.466 e. The van der Waals surface area contributed by atoms with Crippen LogP contribution >= 0.6 is 0 Å². The molecule has 2 aromatic carbocycles. The van der Waals surface area contributed by atoms with Crippen molar-refractivity contribution in [1.82, 2.24) is 4.90 Å². The molecule has 2 aliphatic rings. The first kappa shape index (κ1) is 22.8. The molecule has 2 aromatic rings. The standard InChI is InChI=1S/C28H38N2O2/c1-3-10-22(19-29-18-9-13-25(21-29)28(31)32-4-2)20-30-26-14-7-5-11-23(26)16-17-24-12-6-8-15-27(24)30/h5-8,11-12,14-15,22,25H,3-4,9-10,13,16-21H2,1-2H3/t22?,25-/m1/s1. The highest BCUT2D eigenvalue weighted by Gasteiger charge is 2.29. The van der Waals surface area contributed by atoms with Gasteiger partial charge in [-0.15, -0.1) is 0 Å². The highest BCUT2D eigenvalue weighted by Crippen LogP contribution is 2.37. The van der Waals surface area contributed by atoms with Gasteiger partial charge in [0.05, 0.1) is 12.5 Å². The zero-order valence-electron chi connectivity index (χ0n) is 19.8. The largest absolute Gasteiger partial charge is 0.466 e. The lowest BCUT2D eigenvalue weighted by atomic mass is 9.95. The molecule has 32 heavy (non-hydrogen) atoms. The van der Waals surface area contributed by atoms with Gasteiger partial charge in [-0.1, -0.05) is 49.7 Å². The molecule has 4 rings (SSSR count). The summed E-state index contributed by atoms with van der Waals surface area (Å²) < 4.78 is 5.32. The van der Waals surface area contributed by atoms with E-state index in [2.05, 4.69) is 65.3 Å². The Morgan fingerprint density at radius 2 is 1.66 bits per heavy atom. The van der Waals surface area contributed by atoms with Gasteiger partial charge in [-0.2, -0.15) is 0 Å². The average molecular weight is 435 g/mol. The molecule has 2 atom stereocenters. The van der Waals surface area contributed by atoms with E-state index in [9.17, 15) is 4.79 Å². The van der Waals surface area contributed by atoms with Crippen LogP contribution < -0.4 is 4.90 Å². The summed E-state index contributed by atoms with van der Waals surface area (Å²) in [5.74, 6) is 0.574. The molecule has 2 aliphatic heterocycles. The van der Waals surface area contributed by atoms with Crippen molar-refractivity contribution in [2.45, 2.75) is 52.4 Å². The number of hydrogen-bond acceptors (Lipinski definition) is 4. The molecule has 2 heterocycles. The predicted octanol–water partition coefficient (Wildman–Crippen LogP) is 5.61. The van der Waals surface area contributed by atoms with Crippen molar-refractivity contribution in [3.05, 3.63) is 59.7 Å². The van der Waals surface area contributed by atoms with Crippen molar-refractivity contribution < 1.29 is 9.53 Å². The fourth-order valence-electron chi connectivity index (χ4n) is 5.51. The average Bonchev–Trinajstić information content (AvgIpc) is 2.97. The topological polar surface area (TPSA) is 32.8 Å². The van der Waals surface area contributed by atoms with Gasteiger partial charge >= 0.3 is 5.97 Å². The van der Waals surface area contributed by atoms with E-state index in [0.29, 0.717) is 12.5 Å². The van der Waals surface area contributed by atoms with Gasteiger partial charge < -0.3 is 14.5 Å². The maximum absolute atomic E-state index is 12.3. The van der Waals surface area contributed by atoms with Crippen LogP contribution in [0.3, 0.4) is 0 Å². The van der Waals surface area contributed by atoms with Gasteiger partial charge in [0.2, 0.25) is 0 Å². The molecule has 1 fully saturated rings. The van der Waals surface area contributed by atoms with E-state index in [1.165, 1.54) is 35.3 Å². The van der Waals surface area contributed by atoms with Crippen molar-refractivity contribution in [1.29, 1.82) is 0 Å². The summed E-state index contributed by atoms with van der Waals surface area (Å²) in [6.07, 6.45) is 6.60. The monoisotopic (exact) mass is 434 g/mol. The summed E-state index contributed by atoms with van der Waals surface area (Å²) in [6.45, 7) is 8.64. The number of benzene rings is 2.